The average Bonchev–Trinajstić information content (AvgIpc) is 3.02. The maximum Gasteiger partial charge on any atom is 0.305 e. The Morgan fingerprint density at radius 3 is 1.96 bits per heavy atom. The van der Waals surface area contributed by atoms with Gasteiger partial charge in [-0.3, -0.25) is 9.59 Å². The van der Waals surface area contributed by atoms with Gasteiger partial charge < -0.3 is 29.3 Å². The largest absolute Gasteiger partial charge is 0.481 e. The number of allylic oxidation sites excluding steroid dienone is 4. The summed E-state index contributed by atoms with van der Waals surface area (Å²) in [6.07, 6.45) is 21.3. The molecule has 1 saturated heterocycles. The Balaban J connectivity index is 2.27. The van der Waals surface area contributed by atoms with Gasteiger partial charge in [-0.05, 0) is 116 Å². The Kier molecular flexibility index (Phi) is 26.8. The first-order valence-electron chi connectivity index (χ1n) is 19.3. The summed E-state index contributed by atoms with van der Waals surface area (Å²) in [7, 11) is 0. The summed E-state index contributed by atoms with van der Waals surface area (Å²) in [5.41, 5.74) is 2.77. The first-order valence-corrected chi connectivity index (χ1v) is 19.3. The molecule has 0 spiro atoms. The second-order valence-corrected chi connectivity index (χ2v) is 14.5. The second-order valence-electron chi connectivity index (χ2n) is 14.5. The Labute approximate surface area is 294 Å². The van der Waals surface area contributed by atoms with E-state index in [2.05, 4.69) is 51.7 Å². The lowest BCUT2D eigenvalue weighted by Gasteiger charge is -2.34. The fraction of sp³-hybridized carbons (Fsp3) is 0.850. The van der Waals surface area contributed by atoms with Crippen LogP contribution in [-0.4, -0.2) is 79.4 Å². The quantitative estimate of drug-likeness (QED) is 0.0530. The Hall–Kier alpha value is -1.74. The van der Waals surface area contributed by atoms with Gasteiger partial charge in [-0.1, -0.05) is 68.7 Å². The van der Waals surface area contributed by atoms with Crippen molar-refractivity contribution in [2.75, 3.05) is 46.1 Å². The van der Waals surface area contributed by atoms with E-state index in [0.29, 0.717) is 57.0 Å². The van der Waals surface area contributed by atoms with E-state index in [0.717, 1.165) is 103 Å². The molecule has 1 heterocycles. The van der Waals surface area contributed by atoms with E-state index in [1.165, 1.54) is 17.6 Å². The van der Waals surface area contributed by atoms with Crippen molar-refractivity contribution in [3.63, 3.8) is 0 Å². The van der Waals surface area contributed by atoms with Crippen LogP contribution in [0.3, 0.4) is 0 Å². The highest BCUT2D eigenvalue weighted by Crippen LogP contribution is 2.34. The van der Waals surface area contributed by atoms with Gasteiger partial charge in [0.05, 0.1) is 19.8 Å². The molecule has 8 nitrogen and oxygen atoms in total. The van der Waals surface area contributed by atoms with Crippen molar-refractivity contribution >= 4 is 11.9 Å². The molecule has 48 heavy (non-hydrogen) atoms. The zero-order valence-corrected chi connectivity index (χ0v) is 31.5. The third-order valence-corrected chi connectivity index (χ3v) is 9.65. The van der Waals surface area contributed by atoms with Gasteiger partial charge in [0.15, 0.2) is 6.29 Å². The zero-order valence-electron chi connectivity index (χ0n) is 31.5. The van der Waals surface area contributed by atoms with Gasteiger partial charge in [-0.25, -0.2) is 0 Å². The molecule has 4 atom stereocenters. The van der Waals surface area contributed by atoms with Gasteiger partial charge in [0.1, 0.15) is 0 Å². The minimum Gasteiger partial charge on any atom is -0.481 e. The summed E-state index contributed by atoms with van der Waals surface area (Å²) in [4.78, 5) is 25.3. The molecule has 0 aliphatic carbocycles. The van der Waals surface area contributed by atoms with Crippen LogP contribution in [0.5, 0.6) is 0 Å². The Morgan fingerprint density at radius 2 is 1.35 bits per heavy atom. The van der Waals surface area contributed by atoms with Crippen molar-refractivity contribution in [2.45, 2.75) is 156 Å². The fourth-order valence-corrected chi connectivity index (χ4v) is 6.68. The highest BCUT2D eigenvalue weighted by molar-refractivity contribution is 5.69. The SMILES string of the molecule is CC(C)=CCCC1CCOC(CCOC(=O)CCCCCCCN(CCO)CCCCCCCC(=O)O)OCCC(C)C1CC=C(C)C. The van der Waals surface area contributed by atoms with E-state index < -0.39 is 5.97 Å². The average molecular weight is 680 g/mol. The van der Waals surface area contributed by atoms with Gasteiger partial charge >= 0.3 is 11.9 Å². The summed E-state index contributed by atoms with van der Waals surface area (Å²) in [6, 6.07) is 0. The van der Waals surface area contributed by atoms with E-state index in [-0.39, 0.29) is 25.3 Å². The van der Waals surface area contributed by atoms with Crippen LogP contribution in [0.1, 0.15) is 150 Å². The van der Waals surface area contributed by atoms with Crippen molar-refractivity contribution in [1.29, 1.82) is 0 Å². The lowest BCUT2D eigenvalue weighted by atomic mass is 9.75. The molecule has 2 N–H and O–H groups in total. The lowest BCUT2D eigenvalue weighted by Crippen LogP contribution is -2.29. The number of esters is 1. The number of carbonyl (C=O) groups is 2. The minimum atomic E-state index is -0.713. The lowest BCUT2D eigenvalue weighted by molar-refractivity contribution is -0.167. The maximum absolute atomic E-state index is 12.4. The van der Waals surface area contributed by atoms with Crippen LogP contribution in [0.15, 0.2) is 23.3 Å². The molecule has 1 rings (SSSR count). The minimum absolute atomic E-state index is 0.137. The number of carboxylic acid groups (broad SMARTS) is 1. The summed E-state index contributed by atoms with van der Waals surface area (Å²) in [5.74, 6) is 0.965. The van der Waals surface area contributed by atoms with Gasteiger partial charge in [0.2, 0.25) is 0 Å². The predicted molar refractivity (Wildman–Crippen MR) is 196 cm³/mol. The predicted octanol–water partition coefficient (Wildman–Crippen LogP) is 9.10. The molecule has 0 saturated carbocycles. The topological polar surface area (TPSA) is 106 Å². The van der Waals surface area contributed by atoms with Gasteiger partial charge in [0.25, 0.3) is 0 Å². The smallest absolute Gasteiger partial charge is 0.305 e. The van der Waals surface area contributed by atoms with Crippen molar-refractivity contribution < 1.29 is 34.0 Å². The van der Waals surface area contributed by atoms with Crippen LogP contribution in [0.4, 0.5) is 0 Å². The number of carboxylic acids is 1. The summed E-state index contributed by atoms with van der Waals surface area (Å²) >= 11 is 0. The Morgan fingerprint density at radius 1 is 0.771 bits per heavy atom. The molecular formula is C40H73NO7. The van der Waals surface area contributed by atoms with Crippen molar-refractivity contribution in [2.24, 2.45) is 17.8 Å². The third kappa shape index (κ3) is 24.4. The first-order chi connectivity index (χ1) is 23.1. The number of unbranched alkanes of at least 4 members (excludes halogenated alkanes) is 8. The fourth-order valence-electron chi connectivity index (χ4n) is 6.68. The van der Waals surface area contributed by atoms with Gasteiger partial charge in [-0.2, -0.15) is 0 Å². The molecule has 0 aromatic carbocycles. The molecule has 0 aromatic heterocycles. The molecule has 1 aliphatic rings. The number of hydrogen-bond acceptors (Lipinski definition) is 7. The van der Waals surface area contributed by atoms with Crippen LogP contribution >= 0.6 is 0 Å². The number of hydrogen-bond donors (Lipinski definition) is 2. The number of carbonyl (C=O) groups excluding carboxylic acids is 1. The van der Waals surface area contributed by atoms with E-state index in [1.807, 2.05) is 0 Å². The number of aliphatic carboxylic acids is 1. The van der Waals surface area contributed by atoms with Crippen LogP contribution in [0.2, 0.25) is 0 Å². The van der Waals surface area contributed by atoms with Gasteiger partial charge in [0, 0.05) is 32.4 Å². The second kappa shape index (κ2) is 29.0. The standard InChI is InChI=1S/C40H73NO7/c1-33(2)17-16-18-36-24-31-48-40(47-30-23-35(5)37(36)22-21-34(3)4)25-32-46-39(45)20-13-9-7-11-15-27-41(28-29-42)26-14-10-6-8-12-19-38(43)44/h17,21,35-37,40,42H,6-16,18-20,22-32H2,1-5H3,(H,43,44). The third-order valence-electron chi connectivity index (χ3n) is 9.65. The molecule has 0 radical (unpaired) electrons. The van der Waals surface area contributed by atoms with Crippen molar-refractivity contribution in [3.8, 4) is 0 Å². The molecule has 0 bridgehead atoms. The highest BCUT2D eigenvalue weighted by Gasteiger charge is 2.27. The van der Waals surface area contributed by atoms with Gasteiger partial charge in [-0.15, -0.1) is 0 Å². The zero-order chi connectivity index (χ0) is 35.4. The van der Waals surface area contributed by atoms with E-state index in [4.69, 9.17) is 19.3 Å². The highest BCUT2D eigenvalue weighted by atomic mass is 16.7. The van der Waals surface area contributed by atoms with Crippen LogP contribution in [0, 0.1) is 17.8 Å². The van der Waals surface area contributed by atoms with Crippen molar-refractivity contribution in [1.82, 2.24) is 4.90 Å². The Bertz CT molecular complexity index is 881. The van der Waals surface area contributed by atoms with Crippen LogP contribution in [0.25, 0.3) is 0 Å². The van der Waals surface area contributed by atoms with E-state index in [1.54, 1.807) is 0 Å². The summed E-state index contributed by atoms with van der Waals surface area (Å²) < 4.78 is 17.9. The van der Waals surface area contributed by atoms with E-state index in [9.17, 15) is 14.7 Å². The number of ether oxygens (including phenoxy) is 3. The molecule has 4 unspecified atom stereocenters. The summed E-state index contributed by atoms with van der Waals surface area (Å²) in [5, 5.41) is 18.1. The molecular weight excluding hydrogens is 606 g/mol. The van der Waals surface area contributed by atoms with Crippen molar-refractivity contribution in [3.05, 3.63) is 23.3 Å². The number of rotatable bonds is 26. The molecule has 0 aromatic rings. The molecule has 0 amide bonds. The normalized spacial score (nSPS) is 20.3. The molecule has 8 heteroatoms. The monoisotopic (exact) mass is 680 g/mol. The molecule has 1 fully saturated rings. The van der Waals surface area contributed by atoms with E-state index >= 15 is 0 Å². The number of aliphatic hydroxyl groups excluding tert-OH is 1. The van der Waals surface area contributed by atoms with Crippen LogP contribution < -0.4 is 0 Å². The first kappa shape index (κ1) is 44.3. The number of aliphatic hydroxyl groups is 1. The maximum atomic E-state index is 12.4. The summed E-state index contributed by atoms with van der Waals surface area (Å²) in [6.45, 7) is 15.6. The molecule has 280 valence electrons. The number of nitrogens with zero attached hydrogens (tertiary/aromatic N) is 1. The van der Waals surface area contributed by atoms with Crippen LogP contribution in [-0.2, 0) is 23.8 Å². The molecule has 1 aliphatic heterocycles.